The van der Waals surface area contributed by atoms with E-state index in [0.29, 0.717) is 6.04 Å². The summed E-state index contributed by atoms with van der Waals surface area (Å²) in [5.74, 6) is 3.17. The van der Waals surface area contributed by atoms with Gasteiger partial charge in [-0.1, -0.05) is 12.1 Å². The summed E-state index contributed by atoms with van der Waals surface area (Å²) in [4.78, 5) is 1.29. The van der Waals surface area contributed by atoms with Crippen molar-refractivity contribution in [3.63, 3.8) is 0 Å². The summed E-state index contributed by atoms with van der Waals surface area (Å²) in [6.45, 7) is 3.26. The van der Waals surface area contributed by atoms with Crippen LogP contribution in [0.4, 0.5) is 0 Å². The summed E-state index contributed by atoms with van der Waals surface area (Å²) in [5, 5.41) is 12.0. The maximum atomic E-state index is 4.37. The van der Waals surface area contributed by atoms with Crippen molar-refractivity contribution in [3.8, 4) is 0 Å². The number of thioether (sulfide) groups is 1. The second-order valence-electron chi connectivity index (χ2n) is 5.51. The van der Waals surface area contributed by atoms with Gasteiger partial charge in [-0.15, -0.1) is 22.0 Å². The monoisotopic (exact) mass is 302 g/mol. The molecule has 0 bridgehead atoms. The molecule has 1 unspecified atom stereocenters. The number of nitrogens with one attached hydrogen (secondary N) is 1. The first kappa shape index (κ1) is 14.6. The third-order valence-electron chi connectivity index (χ3n) is 4.10. The normalized spacial score (nSPS) is 15.7. The quantitative estimate of drug-likeness (QED) is 0.861. The molecule has 5 heteroatoms. The third-order valence-corrected chi connectivity index (χ3v) is 5.08. The molecule has 1 aliphatic heterocycles. The lowest BCUT2D eigenvalue weighted by molar-refractivity contribution is 0.513. The molecule has 112 valence electrons. The Morgan fingerprint density at radius 3 is 3.10 bits per heavy atom. The minimum absolute atomic E-state index is 0.381. The second kappa shape index (κ2) is 6.62. The van der Waals surface area contributed by atoms with Gasteiger partial charge in [0.15, 0.2) is 0 Å². The first-order valence-corrected chi connectivity index (χ1v) is 8.57. The van der Waals surface area contributed by atoms with E-state index in [1.165, 1.54) is 23.3 Å². The van der Waals surface area contributed by atoms with E-state index in [-0.39, 0.29) is 0 Å². The lowest BCUT2D eigenvalue weighted by atomic mass is 10.1. The van der Waals surface area contributed by atoms with Gasteiger partial charge < -0.3 is 9.88 Å². The molecule has 3 rings (SSSR count). The Hall–Kier alpha value is -1.33. The van der Waals surface area contributed by atoms with Crippen molar-refractivity contribution >= 4 is 11.8 Å². The SMILES string of the molecule is CNC(C)c1cccc(SCc2nnc3n2CCCC3)c1. The van der Waals surface area contributed by atoms with Crippen LogP contribution in [0.25, 0.3) is 0 Å². The molecular formula is C16H22N4S. The van der Waals surface area contributed by atoms with Crippen LogP contribution < -0.4 is 5.32 Å². The molecule has 0 saturated heterocycles. The van der Waals surface area contributed by atoms with E-state index in [4.69, 9.17) is 0 Å². The number of benzene rings is 1. The van der Waals surface area contributed by atoms with Crippen LogP contribution in [0.3, 0.4) is 0 Å². The lowest BCUT2D eigenvalue weighted by Crippen LogP contribution is -2.13. The number of fused-ring (bicyclic) bond motifs is 1. The van der Waals surface area contributed by atoms with Crippen LogP contribution in [0.15, 0.2) is 29.2 Å². The van der Waals surface area contributed by atoms with Gasteiger partial charge in [-0.05, 0) is 44.5 Å². The molecule has 1 atom stereocenters. The smallest absolute Gasteiger partial charge is 0.143 e. The Bertz CT molecular complexity index is 608. The minimum atomic E-state index is 0.381. The van der Waals surface area contributed by atoms with E-state index in [1.54, 1.807) is 0 Å². The molecule has 1 N–H and O–H groups in total. The standard InChI is InChI=1S/C16H22N4S/c1-12(17-2)13-6-5-7-14(10-13)21-11-16-19-18-15-8-3-4-9-20(15)16/h5-7,10,12,17H,3-4,8-9,11H2,1-2H3. The zero-order valence-electron chi connectivity index (χ0n) is 12.7. The topological polar surface area (TPSA) is 42.7 Å². The number of nitrogens with zero attached hydrogens (tertiary/aromatic N) is 3. The van der Waals surface area contributed by atoms with Crippen molar-refractivity contribution in [1.82, 2.24) is 20.1 Å². The van der Waals surface area contributed by atoms with Gasteiger partial charge >= 0.3 is 0 Å². The Morgan fingerprint density at radius 2 is 2.24 bits per heavy atom. The molecule has 0 fully saturated rings. The van der Waals surface area contributed by atoms with Crippen molar-refractivity contribution in [2.45, 2.75) is 49.4 Å². The highest BCUT2D eigenvalue weighted by atomic mass is 32.2. The van der Waals surface area contributed by atoms with Crippen molar-refractivity contribution in [2.24, 2.45) is 0 Å². The molecule has 1 aliphatic rings. The molecule has 2 heterocycles. The van der Waals surface area contributed by atoms with Gasteiger partial charge in [-0.2, -0.15) is 0 Å². The first-order chi connectivity index (χ1) is 10.3. The van der Waals surface area contributed by atoms with E-state index in [1.807, 2.05) is 18.8 Å². The van der Waals surface area contributed by atoms with Gasteiger partial charge in [-0.3, -0.25) is 0 Å². The fraction of sp³-hybridized carbons (Fsp3) is 0.500. The van der Waals surface area contributed by atoms with E-state index in [0.717, 1.165) is 30.4 Å². The van der Waals surface area contributed by atoms with E-state index in [9.17, 15) is 0 Å². The van der Waals surface area contributed by atoms with Crippen LogP contribution >= 0.6 is 11.8 Å². The molecule has 0 spiro atoms. The molecule has 0 radical (unpaired) electrons. The summed E-state index contributed by atoms with van der Waals surface area (Å²) >= 11 is 1.84. The van der Waals surface area contributed by atoms with Gasteiger partial charge in [0.25, 0.3) is 0 Å². The highest BCUT2D eigenvalue weighted by molar-refractivity contribution is 7.98. The third kappa shape index (κ3) is 3.30. The van der Waals surface area contributed by atoms with Gasteiger partial charge in [0.2, 0.25) is 0 Å². The first-order valence-electron chi connectivity index (χ1n) is 7.59. The van der Waals surface area contributed by atoms with Crippen LogP contribution in [0.2, 0.25) is 0 Å². The summed E-state index contributed by atoms with van der Waals surface area (Å²) in [7, 11) is 1.99. The van der Waals surface area contributed by atoms with Crippen LogP contribution in [0.1, 0.15) is 43.0 Å². The van der Waals surface area contributed by atoms with Crippen molar-refractivity contribution < 1.29 is 0 Å². The van der Waals surface area contributed by atoms with Crippen LogP contribution in [-0.2, 0) is 18.7 Å². The second-order valence-corrected chi connectivity index (χ2v) is 6.56. The molecular weight excluding hydrogens is 280 g/mol. The highest BCUT2D eigenvalue weighted by Gasteiger charge is 2.15. The molecule has 4 nitrogen and oxygen atoms in total. The maximum absolute atomic E-state index is 4.37. The summed E-state index contributed by atoms with van der Waals surface area (Å²) < 4.78 is 2.30. The molecule has 0 aliphatic carbocycles. The predicted molar refractivity (Wildman–Crippen MR) is 86.4 cm³/mol. The Balaban J connectivity index is 1.69. The van der Waals surface area contributed by atoms with Gasteiger partial charge in [0, 0.05) is 23.9 Å². The van der Waals surface area contributed by atoms with Crippen LogP contribution in [-0.4, -0.2) is 21.8 Å². The molecule has 1 aromatic heterocycles. The zero-order valence-corrected chi connectivity index (χ0v) is 13.5. The Morgan fingerprint density at radius 1 is 1.33 bits per heavy atom. The minimum Gasteiger partial charge on any atom is -0.314 e. The molecule has 1 aromatic carbocycles. The van der Waals surface area contributed by atoms with E-state index >= 15 is 0 Å². The molecule has 0 saturated carbocycles. The van der Waals surface area contributed by atoms with Crippen molar-refractivity contribution in [3.05, 3.63) is 41.5 Å². The number of rotatable bonds is 5. The predicted octanol–water partition coefficient (Wildman–Crippen LogP) is 3.19. The van der Waals surface area contributed by atoms with Crippen LogP contribution in [0.5, 0.6) is 0 Å². The summed E-state index contributed by atoms with van der Waals surface area (Å²) in [6.07, 6.45) is 3.57. The Labute approximate surface area is 130 Å². The number of aromatic nitrogens is 3. The molecule has 2 aromatic rings. The lowest BCUT2D eigenvalue weighted by Gasteiger charge is -2.15. The summed E-state index contributed by atoms with van der Waals surface area (Å²) in [6, 6.07) is 9.12. The Kier molecular flexibility index (Phi) is 4.60. The van der Waals surface area contributed by atoms with Crippen LogP contribution in [0, 0.1) is 0 Å². The maximum Gasteiger partial charge on any atom is 0.143 e. The van der Waals surface area contributed by atoms with Gasteiger partial charge in [0.05, 0.1) is 5.75 Å². The largest absolute Gasteiger partial charge is 0.314 e. The molecule has 0 amide bonds. The number of hydrogen-bond donors (Lipinski definition) is 1. The average molecular weight is 302 g/mol. The van der Waals surface area contributed by atoms with Crippen molar-refractivity contribution in [1.29, 1.82) is 0 Å². The zero-order chi connectivity index (χ0) is 14.7. The average Bonchev–Trinajstić information content (AvgIpc) is 2.95. The summed E-state index contributed by atoms with van der Waals surface area (Å²) in [5.41, 5.74) is 1.32. The molecule has 21 heavy (non-hydrogen) atoms. The van der Waals surface area contributed by atoms with Gasteiger partial charge in [0.1, 0.15) is 11.6 Å². The van der Waals surface area contributed by atoms with Crippen molar-refractivity contribution in [2.75, 3.05) is 7.05 Å². The fourth-order valence-electron chi connectivity index (χ4n) is 2.66. The van der Waals surface area contributed by atoms with E-state index < -0.39 is 0 Å². The number of aryl methyl sites for hydroxylation is 1. The van der Waals surface area contributed by atoms with Gasteiger partial charge in [-0.25, -0.2) is 0 Å². The highest BCUT2D eigenvalue weighted by Crippen LogP contribution is 2.26. The number of hydrogen-bond acceptors (Lipinski definition) is 4. The fourth-order valence-corrected chi connectivity index (χ4v) is 3.57. The van der Waals surface area contributed by atoms with E-state index in [2.05, 4.69) is 51.3 Å².